The molecule has 0 amide bonds. The van der Waals surface area contributed by atoms with Crippen LogP contribution in [-0.4, -0.2) is 25.9 Å². The Morgan fingerprint density at radius 3 is 2.65 bits per heavy atom. The monoisotopic (exact) mass is 235 g/mol. The Balaban J connectivity index is 1.70. The van der Waals surface area contributed by atoms with Gasteiger partial charge in [0.25, 0.3) is 0 Å². The zero-order valence-electron chi connectivity index (χ0n) is 10.2. The fourth-order valence-electron chi connectivity index (χ4n) is 2.05. The lowest BCUT2D eigenvalue weighted by molar-refractivity contribution is 0.0106. The molecule has 2 N–H and O–H groups in total. The molecule has 0 aromatic heterocycles. The van der Waals surface area contributed by atoms with Crippen LogP contribution in [0.15, 0.2) is 24.3 Å². The molecule has 1 atom stereocenters. The van der Waals surface area contributed by atoms with Crippen molar-refractivity contribution < 1.29 is 9.47 Å². The van der Waals surface area contributed by atoms with Crippen molar-refractivity contribution in [2.45, 2.75) is 32.0 Å². The third-order valence-electron chi connectivity index (χ3n) is 3.05. The first-order valence-electron chi connectivity index (χ1n) is 6.35. The largest absolute Gasteiger partial charge is 0.376 e. The molecule has 1 aromatic rings. The van der Waals surface area contributed by atoms with Gasteiger partial charge in [0.2, 0.25) is 0 Å². The van der Waals surface area contributed by atoms with Crippen molar-refractivity contribution in [2.75, 3.05) is 19.8 Å². The minimum absolute atomic E-state index is 0.312. The van der Waals surface area contributed by atoms with Crippen molar-refractivity contribution in [3.63, 3.8) is 0 Å². The van der Waals surface area contributed by atoms with E-state index in [4.69, 9.17) is 15.2 Å². The summed E-state index contributed by atoms with van der Waals surface area (Å²) in [6, 6.07) is 8.47. The van der Waals surface area contributed by atoms with E-state index >= 15 is 0 Å². The lowest BCUT2D eigenvalue weighted by Gasteiger charge is -2.10. The van der Waals surface area contributed by atoms with E-state index in [0.29, 0.717) is 25.9 Å². The highest BCUT2D eigenvalue weighted by Gasteiger charge is 2.14. The van der Waals surface area contributed by atoms with Gasteiger partial charge >= 0.3 is 0 Å². The van der Waals surface area contributed by atoms with Crippen LogP contribution in [0.25, 0.3) is 0 Å². The summed E-state index contributed by atoms with van der Waals surface area (Å²) in [6.45, 7) is 2.98. The smallest absolute Gasteiger partial charge is 0.0809 e. The summed E-state index contributed by atoms with van der Waals surface area (Å²) in [6.07, 6.45) is 3.56. The molecule has 1 fully saturated rings. The lowest BCUT2D eigenvalue weighted by Crippen LogP contribution is -2.13. The van der Waals surface area contributed by atoms with Crippen molar-refractivity contribution >= 4 is 0 Å². The molecule has 0 radical (unpaired) electrons. The van der Waals surface area contributed by atoms with E-state index in [1.807, 2.05) is 0 Å². The molecule has 0 bridgehead atoms. The van der Waals surface area contributed by atoms with E-state index in [0.717, 1.165) is 19.4 Å². The Hall–Kier alpha value is -0.900. The molecule has 3 nitrogen and oxygen atoms in total. The zero-order valence-corrected chi connectivity index (χ0v) is 10.2. The number of ether oxygens (including phenoxy) is 2. The van der Waals surface area contributed by atoms with E-state index in [1.165, 1.54) is 17.5 Å². The maximum atomic E-state index is 5.65. The van der Waals surface area contributed by atoms with Crippen LogP contribution < -0.4 is 5.73 Å². The maximum Gasteiger partial charge on any atom is 0.0809 e. The lowest BCUT2D eigenvalue weighted by atomic mass is 10.1. The number of hydrogen-bond donors (Lipinski definition) is 1. The van der Waals surface area contributed by atoms with Crippen molar-refractivity contribution in [1.82, 2.24) is 0 Å². The molecule has 1 heterocycles. The van der Waals surface area contributed by atoms with Crippen LogP contribution in [0.2, 0.25) is 0 Å². The fraction of sp³-hybridized carbons (Fsp3) is 0.571. The molecule has 0 saturated carbocycles. The number of hydrogen-bond acceptors (Lipinski definition) is 3. The minimum atomic E-state index is 0.312. The highest BCUT2D eigenvalue weighted by Crippen LogP contribution is 2.13. The fourth-order valence-corrected chi connectivity index (χ4v) is 2.05. The Morgan fingerprint density at radius 1 is 1.24 bits per heavy atom. The van der Waals surface area contributed by atoms with Gasteiger partial charge in [0.05, 0.1) is 19.3 Å². The molecule has 0 spiro atoms. The van der Waals surface area contributed by atoms with Gasteiger partial charge in [-0.3, -0.25) is 0 Å². The third kappa shape index (κ3) is 4.11. The van der Waals surface area contributed by atoms with Gasteiger partial charge in [-0.2, -0.15) is 0 Å². The van der Waals surface area contributed by atoms with Crippen molar-refractivity contribution in [1.29, 1.82) is 0 Å². The van der Waals surface area contributed by atoms with E-state index < -0.39 is 0 Å². The first kappa shape index (κ1) is 12.6. The van der Waals surface area contributed by atoms with E-state index in [-0.39, 0.29) is 0 Å². The zero-order chi connectivity index (χ0) is 11.9. The molecule has 1 unspecified atom stereocenters. The summed E-state index contributed by atoms with van der Waals surface area (Å²) in [5, 5.41) is 0. The van der Waals surface area contributed by atoms with E-state index in [9.17, 15) is 0 Å². The summed E-state index contributed by atoms with van der Waals surface area (Å²) < 4.78 is 11.2. The molecule has 0 aliphatic carbocycles. The van der Waals surface area contributed by atoms with Gasteiger partial charge in [-0.15, -0.1) is 0 Å². The van der Waals surface area contributed by atoms with Crippen LogP contribution >= 0.6 is 0 Å². The van der Waals surface area contributed by atoms with Crippen LogP contribution in [0.4, 0.5) is 0 Å². The molecular formula is C14H21NO2. The molecule has 1 aromatic carbocycles. The number of nitrogens with two attached hydrogens (primary N) is 1. The maximum absolute atomic E-state index is 5.65. The summed E-state index contributed by atoms with van der Waals surface area (Å²) in [5.74, 6) is 0. The molecule has 1 saturated heterocycles. The molecule has 3 heteroatoms. The van der Waals surface area contributed by atoms with Gasteiger partial charge in [-0.25, -0.2) is 0 Å². The van der Waals surface area contributed by atoms with Crippen molar-refractivity contribution in [3.8, 4) is 0 Å². The van der Waals surface area contributed by atoms with Crippen LogP contribution in [0, 0.1) is 0 Å². The van der Waals surface area contributed by atoms with Crippen molar-refractivity contribution in [2.24, 2.45) is 5.73 Å². The van der Waals surface area contributed by atoms with E-state index in [1.54, 1.807) is 0 Å². The normalized spacial score (nSPS) is 19.7. The van der Waals surface area contributed by atoms with Crippen molar-refractivity contribution in [3.05, 3.63) is 35.4 Å². The second-order valence-corrected chi connectivity index (χ2v) is 4.51. The summed E-state index contributed by atoms with van der Waals surface area (Å²) in [7, 11) is 0. The van der Waals surface area contributed by atoms with Gasteiger partial charge in [-0.1, -0.05) is 24.3 Å². The molecule has 94 valence electrons. The Labute approximate surface area is 103 Å². The summed E-state index contributed by atoms with van der Waals surface area (Å²) >= 11 is 0. The highest BCUT2D eigenvalue weighted by molar-refractivity contribution is 5.22. The molecule has 2 rings (SSSR count). The second kappa shape index (κ2) is 6.74. The molecule has 1 aliphatic rings. The standard InChI is InChI=1S/C14H21NO2/c15-8-7-12-3-5-13(6-4-12)10-16-11-14-2-1-9-17-14/h3-6,14H,1-2,7-11,15H2. The van der Waals surface area contributed by atoms with Crippen LogP contribution in [0.1, 0.15) is 24.0 Å². The molecular weight excluding hydrogens is 214 g/mol. The van der Waals surface area contributed by atoms with Gasteiger partial charge in [0.1, 0.15) is 0 Å². The quantitative estimate of drug-likeness (QED) is 0.819. The van der Waals surface area contributed by atoms with Gasteiger partial charge in [0, 0.05) is 6.61 Å². The average Bonchev–Trinajstić information content (AvgIpc) is 2.85. The molecule has 17 heavy (non-hydrogen) atoms. The first-order chi connectivity index (χ1) is 8.38. The predicted molar refractivity (Wildman–Crippen MR) is 67.8 cm³/mol. The SMILES string of the molecule is NCCc1ccc(COCC2CCCO2)cc1. The highest BCUT2D eigenvalue weighted by atomic mass is 16.5. The van der Waals surface area contributed by atoms with Gasteiger partial charge in [-0.05, 0) is 36.9 Å². The van der Waals surface area contributed by atoms with E-state index in [2.05, 4.69) is 24.3 Å². The topological polar surface area (TPSA) is 44.5 Å². The second-order valence-electron chi connectivity index (χ2n) is 4.51. The molecule has 1 aliphatic heterocycles. The Morgan fingerprint density at radius 2 is 2.00 bits per heavy atom. The number of benzene rings is 1. The average molecular weight is 235 g/mol. The Kier molecular flexibility index (Phi) is 4.98. The van der Waals surface area contributed by atoms with Gasteiger partial charge < -0.3 is 15.2 Å². The van der Waals surface area contributed by atoms with Crippen LogP contribution in [0.5, 0.6) is 0 Å². The first-order valence-corrected chi connectivity index (χ1v) is 6.35. The summed E-state index contributed by atoms with van der Waals surface area (Å²) in [5.41, 5.74) is 8.01. The van der Waals surface area contributed by atoms with Crippen LogP contribution in [-0.2, 0) is 22.5 Å². The van der Waals surface area contributed by atoms with Gasteiger partial charge in [0.15, 0.2) is 0 Å². The minimum Gasteiger partial charge on any atom is -0.376 e. The van der Waals surface area contributed by atoms with Crippen LogP contribution in [0.3, 0.4) is 0 Å². The third-order valence-corrected chi connectivity index (χ3v) is 3.05. The Bertz CT molecular complexity index is 317. The predicted octanol–water partition coefficient (Wildman–Crippen LogP) is 1.88. The number of rotatable bonds is 6. The summed E-state index contributed by atoms with van der Waals surface area (Å²) in [4.78, 5) is 0.